The molecule has 4 aromatic rings. The number of hydrogen-bond donors (Lipinski definition) is 2. The van der Waals surface area contributed by atoms with Crippen molar-refractivity contribution in [2.75, 3.05) is 0 Å². The van der Waals surface area contributed by atoms with Crippen molar-refractivity contribution in [3.63, 3.8) is 0 Å². The lowest BCUT2D eigenvalue weighted by Crippen LogP contribution is -2.12. The second-order valence-electron chi connectivity index (χ2n) is 12.5. The number of carbonyl (C=O) groups is 2. The summed E-state index contributed by atoms with van der Waals surface area (Å²) in [6.45, 7) is 14.4. The predicted octanol–water partition coefficient (Wildman–Crippen LogP) is 9.58. The summed E-state index contributed by atoms with van der Waals surface area (Å²) in [5.41, 5.74) is 8.51. The zero-order valence-electron chi connectivity index (χ0n) is 29.0. The molecule has 2 atom stereocenters. The number of ketones is 2. The van der Waals surface area contributed by atoms with Gasteiger partial charge in [-0.2, -0.15) is 0 Å². The van der Waals surface area contributed by atoms with E-state index in [9.17, 15) is 19.8 Å². The van der Waals surface area contributed by atoms with Gasteiger partial charge in [0.2, 0.25) is 0 Å². The van der Waals surface area contributed by atoms with Gasteiger partial charge in [0.1, 0.15) is 23.6 Å². The molecule has 0 amide bonds. The molecule has 0 aliphatic carbocycles. The van der Waals surface area contributed by atoms with Crippen molar-refractivity contribution < 1.29 is 19.8 Å². The van der Waals surface area contributed by atoms with E-state index >= 15 is 0 Å². The van der Waals surface area contributed by atoms with Gasteiger partial charge in [-0.25, -0.2) is 0 Å². The van der Waals surface area contributed by atoms with Crippen molar-refractivity contribution in [1.29, 1.82) is 0 Å². The number of benzene rings is 4. The van der Waals surface area contributed by atoms with E-state index < -0.39 is 12.1 Å². The largest absolute Gasteiger partial charge is 0.506 e. The molecule has 0 aromatic heterocycles. The highest BCUT2D eigenvalue weighted by atomic mass is 16.3. The molecule has 6 nitrogen and oxygen atoms in total. The van der Waals surface area contributed by atoms with Crippen molar-refractivity contribution in [2.45, 2.75) is 67.5 Å². The van der Waals surface area contributed by atoms with Crippen LogP contribution in [0.15, 0.2) is 106 Å². The number of carbonyl (C=O) groups excluding carboxylic acids is 2. The Kier molecular flexibility index (Phi) is 11.5. The number of aliphatic hydroxyl groups is 2. The second kappa shape index (κ2) is 15.5. The predicted molar refractivity (Wildman–Crippen MR) is 197 cm³/mol. The molecule has 0 aliphatic rings. The van der Waals surface area contributed by atoms with Gasteiger partial charge in [0.05, 0.1) is 11.1 Å². The van der Waals surface area contributed by atoms with Gasteiger partial charge in [0, 0.05) is 23.6 Å². The van der Waals surface area contributed by atoms with E-state index in [2.05, 4.69) is 0 Å². The lowest BCUT2D eigenvalue weighted by atomic mass is 9.93. The molecule has 48 heavy (non-hydrogen) atoms. The third kappa shape index (κ3) is 8.13. The van der Waals surface area contributed by atoms with E-state index in [-0.39, 0.29) is 34.2 Å². The van der Waals surface area contributed by atoms with Crippen LogP contribution in [-0.2, 0) is 9.59 Å². The highest BCUT2D eigenvalue weighted by Gasteiger charge is 2.25. The topological polar surface area (TPSA) is 99.3 Å². The van der Waals surface area contributed by atoms with E-state index in [0.29, 0.717) is 11.1 Å². The molecule has 2 N–H and O–H groups in total. The molecule has 0 radical (unpaired) electrons. The highest BCUT2D eigenvalue weighted by Crippen LogP contribution is 2.36. The molecule has 0 bridgehead atoms. The summed E-state index contributed by atoms with van der Waals surface area (Å²) in [4.78, 5) is 35.9. The molecule has 0 heterocycles. The van der Waals surface area contributed by atoms with Gasteiger partial charge in [-0.05, 0) is 88.8 Å². The summed E-state index contributed by atoms with van der Waals surface area (Å²) in [6.07, 6.45) is 2.86. The zero-order valence-corrected chi connectivity index (χ0v) is 29.0. The van der Waals surface area contributed by atoms with Crippen LogP contribution in [0.2, 0.25) is 0 Å². The standard InChI is InChI=1S/C42H44N2O4/c1-25-19-27(3)37(28(4)20-25)41(47)35(31(7)45)23-43-39(33-15-11-9-12-16-33)40(34-17-13-10-14-18-34)44-24-36(32(8)46)42(48)38-29(5)21-26(2)22-30(38)6/h9-24,39-40,47-48H,1-8H3/b41-35-,42-36+,43-23?,44-24?/t39-,40-/m1/s1. The first-order chi connectivity index (χ1) is 22.8. The minimum Gasteiger partial charge on any atom is -0.506 e. The Morgan fingerprint density at radius 2 is 0.833 bits per heavy atom. The van der Waals surface area contributed by atoms with Gasteiger partial charge < -0.3 is 10.2 Å². The summed E-state index contributed by atoms with van der Waals surface area (Å²) in [5, 5.41) is 23.0. The van der Waals surface area contributed by atoms with Crippen LogP contribution in [0.5, 0.6) is 0 Å². The molecule has 6 heteroatoms. The molecule has 0 fully saturated rings. The van der Waals surface area contributed by atoms with E-state index in [0.717, 1.165) is 44.5 Å². The third-order valence-electron chi connectivity index (χ3n) is 8.41. The molecule has 4 rings (SSSR count). The molecule has 0 aliphatic heterocycles. The van der Waals surface area contributed by atoms with Crippen molar-refractivity contribution in [3.8, 4) is 0 Å². The highest BCUT2D eigenvalue weighted by molar-refractivity contribution is 6.18. The molecule has 0 spiro atoms. The Hall–Kier alpha value is -5.36. The monoisotopic (exact) mass is 640 g/mol. The van der Waals surface area contributed by atoms with Gasteiger partial charge in [-0.3, -0.25) is 19.6 Å². The van der Waals surface area contributed by atoms with Crippen LogP contribution >= 0.6 is 0 Å². The first-order valence-corrected chi connectivity index (χ1v) is 16.0. The lowest BCUT2D eigenvalue weighted by Gasteiger charge is -2.22. The third-order valence-corrected chi connectivity index (χ3v) is 8.41. The van der Waals surface area contributed by atoms with Crippen molar-refractivity contribution in [2.24, 2.45) is 9.98 Å². The summed E-state index contributed by atoms with van der Waals surface area (Å²) >= 11 is 0. The maximum absolute atomic E-state index is 13.0. The van der Waals surface area contributed by atoms with E-state index in [1.54, 1.807) is 0 Å². The molecular formula is C42H44N2O4. The second-order valence-corrected chi connectivity index (χ2v) is 12.5. The summed E-state index contributed by atoms with van der Waals surface area (Å²) in [5.74, 6) is -0.942. The first-order valence-electron chi connectivity index (χ1n) is 16.0. The molecule has 0 saturated heterocycles. The molecule has 246 valence electrons. The van der Waals surface area contributed by atoms with E-state index in [1.165, 1.54) is 26.3 Å². The Balaban J connectivity index is 1.93. The van der Waals surface area contributed by atoms with E-state index in [4.69, 9.17) is 9.98 Å². The van der Waals surface area contributed by atoms with Gasteiger partial charge in [0.15, 0.2) is 11.6 Å². The van der Waals surface area contributed by atoms with Gasteiger partial charge in [-0.1, -0.05) is 96.1 Å². The Labute approximate surface area is 283 Å². The zero-order chi connectivity index (χ0) is 35.1. The minimum absolute atomic E-state index is 0.0778. The number of Topliss-reactive ketones (excluding diaryl/α,β-unsaturated/α-hetero) is 2. The van der Waals surface area contributed by atoms with Gasteiger partial charge in [0.25, 0.3) is 0 Å². The maximum Gasteiger partial charge on any atom is 0.165 e. The average Bonchev–Trinajstić information content (AvgIpc) is 3.01. The molecule has 0 saturated carbocycles. The maximum atomic E-state index is 13.0. The van der Waals surface area contributed by atoms with Crippen LogP contribution in [0.25, 0.3) is 11.5 Å². The fraction of sp³-hybridized carbons (Fsp3) is 0.238. The quantitative estimate of drug-likeness (QED) is 0.0969. The van der Waals surface area contributed by atoms with Crippen molar-refractivity contribution >= 4 is 35.5 Å². The number of rotatable bonds is 11. The molecule has 4 aromatic carbocycles. The normalized spacial score (nSPS) is 14.1. The van der Waals surface area contributed by atoms with Crippen molar-refractivity contribution in [1.82, 2.24) is 0 Å². The summed E-state index contributed by atoms with van der Waals surface area (Å²) < 4.78 is 0. The average molecular weight is 641 g/mol. The van der Waals surface area contributed by atoms with Gasteiger partial charge in [-0.15, -0.1) is 0 Å². The van der Waals surface area contributed by atoms with E-state index in [1.807, 2.05) is 126 Å². The fourth-order valence-electron chi connectivity index (χ4n) is 6.32. The molecular weight excluding hydrogens is 596 g/mol. The number of aliphatic imine (C=N–C) groups is 2. The van der Waals surface area contributed by atoms with Crippen LogP contribution in [0, 0.1) is 41.5 Å². The Morgan fingerprint density at radius 1 is 0.542 bits per heavy atom. The Morgan fingerprint density at radius 3 is 1.10 bits per heavy atom. The van der Waals surface area contributed by atoms with Crippen LogP contribution < -0.4 is 0 Å². The van der Waals surface area contributed by atoms with Crippen LogP contribution in [0.1, 0.15) is 81.6 Å². The van der Waals surface area contributed by atoms with Gasteiger partial charge >= 0.3 is 0 Å². The number of aryl methyl sites for hydroxylation is 6. The van der Waals surface area contributed by atoms with Crippen molar-refractivity contribution in [3.05, 3.63) is 152 Å². The fourth-order valence-corrected chi connectivity index (χ4v) is 6.32. The van der Waals surface area contributed by atoms with Crippen LogP contribution in [0.3, 0.4) is 0 Å². The summed E-state index contributed by atoms with van der Waals surface area (Å²) in [7, 11) is 0. The number of hydrogen-bond acceptors (Lipinski definition) is 6. The smallest absolute Gasteiger partial charge is 0.165 e. The number of aliphatic hydroxyl groups excluding tert-OH is 2. The lowest BCUT2D eigenvalue weighted by molar-refractivity contribution is -0.114. The number of nitrogens with zero attached hydrogens (tertiary/aromatic N) is 2. The molecule has 0 unspecified atom stereocenters. The SMILES string of the molecule is CC(=O)/C(C=N[C@H](c1ccccc1)[C@H](N=C/C(C(C)=O)=C(\O)c1c(C)cc(C)cc1C)c1ccccc1)=C(\O)c1c(C)cc(C)cc1C. The minimum atomic E-state index is -0.662. The summed E-state index contributed by atoms with van der Waals surface area (Å²) in [6, 6.07) is 25.7. The number of allylic oxidation sites excluding steroid dienone is 2. The van der Waals surface area contributed by atoms with Crippen LogP contribution in [-0.4, -0.2) is 34.2 Å². The Bertz CT molecular complexity index is 1760. The first kappa shape index (κ1) is 35.5. The van der Waals surface area contributed by atoms with Crippen LogP contribution in [0.4, 0.5) is 0 Å².